The molecule has 0 fully saturated rings. The quantitative estimate of drug-likeness (QED) is 0.488. The highest BCUT2D eigenvalue weighted by atomic mass is 16.6. The number of fused-ring (bicyclic) bond motifs is 1. The molecule has 1 atom stereocenters. The summed E-state index contributed by atoms with van der Waals surface area (Å²) in [5, 5.41) is 0. The molecule has 10 heavy (non-hydrogen) atoms. The van der Waals surface area contributed by atoms with E-state index in [1.165, 1.54) is 0 Å². The van der Waals surface area contributed by atoms with Crippen LogP contribution >= 0.6 is 0 Å². The van der Waals surface area contributed by atoms with Crippen LogP contribution in [0.4, 0.5) is 4.79 Å². The van der Waals surface area contributed by atoms with Crippen molar-refractivity contribution in [3.63, 3.8) is 0 Å². The Bertz CT molecular complexity index is 265. The highest BCUT2D eigenvalue weighted by molar-refractivity contribution is 6.16. The van der Waals surface area contributed by atoms with Crippen molar-refractivity contribution in [2.45, 2.75) is 6.10 Å². The summed E-state index contributed by atoms with van der Waals surface area (Å²) in [7, 11) is 0. The fourth-order valence-corrected chi connectivity index (χ4v) is 0.851. The molecular formula is C6H4N2O2. The van der Waals surface area contributed by atoms with E-state index in [0.29, 0.717) is 5.71 Å². The molecule has 0 radical (unpaired) electrons. The maximum atomic E-state index is 10.5. The molecule has 0 N–H and O–H groups in total. The summed E-state index contributed by atoms with van der Waals surface area (Å²) in [4.78, 5) is 17.9. The van der Waals surface area contributed by atoms with Gasteiger partial charge in [0.05, 0.1) is 11.9 Å². The van der Waals surface area contributed by atoms with E-state index in [4.69, 9.17) is 4.74 Å². The summed E-state index contributed by atoms with van der Waals surface area (Å²) in [6.45, 7) is 0. The molecule has 0 bridgehead atoms. The summed E-state index contributed by atoms with van der Waals surface area (Å²) in [5.41, 5.74) is 0.639. The van der Waals surface area contributed by atoms with Crippen LogP contribution < -0.4 is 0 Å². The van der Waals surface area contributed by atoms with Crippen LogP contribution in [0.2, 0.25) is 0 Å². The second-order valence-corrected chi connectivity index (χ2v) is 1.95. The number of carbonyl (C=O) groups is 1. The minimum absolute atomic E-state index is 0.336. The van der Waals surface area contributed by atoms with Crippen LogP contribution in [0.1, 0.15) is 0 Å². The van der Waals surface area contributed by atoms with Crippen molar-refractivity contribution in [2.24, 2.45) is 9.98 Å². The van der Waals surface area contributed by atoms with Gasteiger partial charge in [-0.25, -0.2) is 4.79 Å². The molecule has 0 spiro atoms. The molecule has 2 rings (SSSR count). The molecule has 50 valence electrons. The van der Waals surface area contributed by atoms with Crippen LogP contribution in [0.5, 0.6) is 0 Å². The first-order valence-electron chi connectivity index (χ1n) is 2.85. The van der Waals surface area contributed by atoms with Crippen molar-refractivity contribution in [1.29, 1.82) is 0 Å². The Morgan fingerprint density at radius 3 is 3.30 bits per heavy atom. The van der Waals surface area contributed by atoms with Crippen molar-refractivity contribution in [3.05, 3.63) is 12.3 Å². The number of hydrogen-bond acceptors (Lipinski definition) is 3. The van der Waals surface area contributed by atoms with Gasteiger partial charge in [0.2, 0.25) is 0 Å². The van der Waals surface area contributed by atoms with Gasteiger partial charge in [-0.15, -0.1) is 0 Å². The summed E-state index contributed by atoms with van der Waals surface area (Å²) >= 11 is 0. The van der Waals surface area contributed by atoms with Crippen LogP contribution in [-0.4, -0.2) is 24.1 Å². The molecule has 1 amide bonds. The lowest BCUT2D eigenvalue weighted by atomic mass is 10.2. The van der Waals surface area contributed by atoms with Gasteiger partial charge in [0, 0.05) is 6.20 Å². The first kappa shape index (κ1) is 5.34. The average Bonchev–Trinajstić information content (AvgIpc) is 2.27. The summed E-state index contributed by atoms with van der Waals surface area (Å²) < 4.78 is 4.72. The van der Waals surface area contributed by atoms with Crippen molar-refractivity contribution < 1.29 is 9.53 Å². The van der Waals surface area contributed by atoms with Gasteiger partial charge in [0.25, 0.3) is 0 Å². The number of aliphatic imine (C=N–C) groups is 2. The number of carbonyl (C=O) groups excluding carboxylic acids is 1. The predicted octanol–water partition coefficient (Wildman–Crippen LogP) is 0.544. The van der Waals surface area contributed by atoms with Gasteiger partial charge in [-0.3, -0.25) is 4.99 Å². The number of hydrogen-bond donors (Lipinski definition) is 0. The molecule has 4 nitrogen and oxygen atoms in total. The maximum Gasteiger partial charge on any atom is 0.435 e. The molecular weight excluding hydrogens is 132 g/mol. The van der Waals surface area contributed by atoms with E-state index in [-0.39, 0.29) is 6.10 Å². The van der Waals surface area contributed by atoms with E-state index in [0.717, 1.165) is 0 Å². The number of ether oxygens (including phenoxy) is 1. The Morgan fingerprint density at radius 2 is 2.50 bits per heavy atom. The monoisotopic (exact) mass is 136 g/mol. The second kappa shape index (κ2) is 1.76. The van der Waals surface area contributed by atoms with Crippen LogP contribution in [0.3, 0.4) is 0 Å². The topological polar surface area (TPSA) is 51.0 Å². The van der Waals surface area contributed by atoms with Gasteiger partial charge < -0.3 is 4.74 Å². The van der Waals surface area contributed by atoms with Gasteiger partial charge in [-0.05, 0) is 6.08 Å². The lowest BCUT2D eigenvalue weighted by Crippen LogP contribution is -2.20. The summed E-state index contributed by atoms with van der Waals surface area (Å²) in [6.07, 6.45) is 3.92. The van der Waals surface area contributed by atoms with Crippen LogP contribution in [-0.2, 0) is 4.74 Å². The Morgan fingerprint density at radius 1 is 1.60 bits per heavy atom. The van der Waals surface area contributed by atoms with Crippen molar-refractivity contribution in [3.8, 4) is 0 Å². The first-order valence-corrected chi connectivity index (χ1v) is 2.85. The van der Waals surface area contributed by atoms with Gasteiger partial charge in [0.15, 0.2) is 6.10 Å². The highest BCUT2D eigenvalue weighted by Gasteiger charge is 2.25. The molecule has 0 saturated heterocycles. The zero-order chi connectivity index (χ0) is 6.97. The van der Waals surface area contributed by atoms with Crippen molar-refractivity contribution >= 4 is 18.0 Å². The van der Waals surface area contributed by atoms with Crippen LogP contribution in [0.25, 0.3) is 0 Å². The summed E-state index contributed by atoms with van der Waals surface area (Å²) in [5.74, 6) is 0. The molecule has 1 unspecified atom stereocenters. The van der Waals surface area contributed by atoms with Crippen LogP contribution in [0.15, 0.2) is 22.3 Å². The molecule has 0 aromatic carbocycles. The minimum Gasteiger partial charge on any atom is -0.432 e. The van der Waals surface area contributed by atoms with Gasteiger partial charge >= 0.3 is 6.09 Å². The Labute approximate surface area is 56.9 Å². The number of amides is 1. The van der Waals surface area contributed by atoms with Gasteiger partial charge in [0.1, 0.15) is 0 Å². The molecule has 0 aromatic heterocycles. The Hall–Kier alpha value is -1.45. The standard InChI is InChI=1S/C6H4N2O2/c9-6-8-4-1-2-7-3-5(4)10-6/h1-3,5H. The van der Waals surface area contributed by atoms with E-state index in [9.17, 15) is 4.79 Å². The minimum atomic E-state index is -0.530. The molecule has 2 aliphatic heterocycles. The van der Waals surface area contributed by atoms with Crippen LogP contribution in [0, 0.1) is 0 Å². The number of nitrogens with zero attached hydrogens (tertiary/aromatic N) is 2. The normalized spacial score (nSPS) is 27.8. The predicted molar refractivity (Wildman–Crippen MR) is 35.3 cm³/mol. The number of rotatable bonds is 0. The fourth-order valence-electron chi connectivity index (χ4n) is 0.851. The van der Waals surface area contributed by atoms with Crippen molar-refractivity contribution in [1.82, 2.24) is 0 Å². The Kier molecular flexibility index (Phi) is 0.943. The smallest absolute Gasteiger partial charge is 0.432 e. The third kappa shape index (κ3) is 0.655. The molecule has 4 heteroatoms. The summed E-state index contributed by atoms with van der Waals surface area (Å²) in [6, 6.07) is 0. The van der Waals surface area contributed by atoms with E-state index >= 15 is 0 Å². The Balaban J connectivity index is 2.37. The van der Waals surface area contributed by atoms with Crippen molar-refractivity contribution in [2.75, 3.05) is 0 Å². The highest BCUT2D eigenvalue weighted by Crippen LogP contribution is 2.09. The lowest BCUT2D eigenvalue weighted by Gasteiger charge is -2.04. The van der Waals surface area contributed by atoms with E-state index in [1.807, 2.05) is 0 Å². The van der Waals surface area contributed by atoms with Gasteiger partial charge in [-0.1, -0.05) is 0 Å². The molecule has 0 aromatic rings. The zero-order valence-electron chi connectivity index (χ0n) is 5.02. The lowest BCUT2D eigenvalue weighted by molar-refractivity contribution is 0.169. The van der Waals surface area contributed by atoms with E-state index < -0.39 is 6.09 Å². The fraction of sp³-hybridized carbons (Fsp3) is 0.167. The third-order valence-corrected chi connectivity index (χ3v) is 1.29. The SMILES string of the molecule is O=C1N=C2C=CN=CC2O1. The second-order valence-electron chi connectivity index (χ2n) is 1.95. The maximum absolute atomic E-state index is 10.5. The first-order chi connectivity index (χ1) is 4.86. The largest absolute Gasteiger partial charge is 0.435 e. The van der Waals surface area contributed by atoms with Gasteiger partial charge in [-0.2, -0.15) is 4.99 Å². The molecule has 2 heterocycles. The third-order valence-electron chi connectivity index (χ3n) is 1.29. The molecule has 0 saturated carbocycles. The molecule has 0 aliphatic carbocycles. The van der Waals surface area contributed by atoms with E-state index in [2.05, 4.69) is 9.98 Å². The average molecular weight is 136 g/mol. The zero-order valence-corrected chi connectivity index (χ0v) is 5.02. The van der Waals surface area contributed by atoms with E-state index in [1.54, 1.807) is 18.5 Å². The molecule has 2 aliphatic rings.